The minimum Gasteiger partial charge on any atom is -0.467 e. The van der Waals surface area contributed by atoms with Crippen molar-refractivity contribution in [3.8, 4) is 0 Å². The van der Waals surface area contributed by atoms with Gasteiger partial charge in [0.2, 0.25) is 5.91 Å². The van der Waals surface area contributed by atoms with E-state index in [1.165, 1.54) is 26.9 Å². The van der Waals surface area contributed by atoms with Crippen LogP contribution in [0.4, 0.5) is 0 Å². The lowest BCUT2D eigenvalue weighted by Crippen LogP contribution is -2.43. The predicted molar refractivity (Wildman–Crippen MR) is 75.1 cm³/mol. The highest BCUT2D eigenvalue weighted by atomic mass is 32.2. The van der Waals surface area contributed by atoms with E-state index in [1.807, 2.05) is 0 Å². The second-order valence-corrected chi connectivity index (χ2v) is 5.98. The maximum Gasteiger partial charge on any atom is 0.329 e. The molecule has 0 aromatic carbocycles. The van der Waals surface area contributed by atoms with Gasteiger partial charge in [0.25, 0.3) is 0 Å². The standard InChI is InChI=1S/C13H23NO4S/c1-9(15)14-10(13(16)18-3)8-19-12-7-5-4-6-11(12)17-2/h10-12H,4-8H2,1-3H3,(H,14,15)/t10-,11+,12+/m0/s1. The van der Waals surface area contributed by atoms with E-state index in [1.54, 1.807) is 18.9 Å². The number of thioether (sulfide) groups is 1. The summed E-state index contributed by atoms with van der Waals surface area (Å²) in [6, 6.07) is -0.577. The molecule has 6 heteroatoms. The monoisotopic (exact) mass is 289 g/mol. The highest BCUT2D eigenvalue weighted by Gasteiger charge is 2.28. The summed E-state index contributed by atoms with van der Waals surface area (Å²) in [4.78, 5) is 22.7. The van der Waals surface area contributed by atoms with Crippen LogP contribution in [0.25, 0.3) is 0 Å². The first kappa shape index (κ1) is 16.3. The third kappa shape index (κ3) is 5.40. The molecule has 1 N–H and O–H groups in total. The first-order valence-corrected chi connectivity index (χ1v) is 7.62. The van der Waals surface area contributed by atoms with Crippen LogP contribution in [-0.4, -0.2) is 49.2 Å². The molecule has 5 nitrogen and oxygen atoms in total. The van der Waals surface area contributed by atoms with Gasteiger partial charge in [-0.15, -0.1) is 0 Å². The van der Waals surface area contributed by atoms with Gasteiger partial charge in [-0.05, 0) is 12.8 Å². The van der Waals surface area contributed by atoms with Crippen molar-refractivity contribution in [2.45, 2.75) is 50.0 Å². The van der Waals surface area contributed by atoms with Crippen molar-refractivity contribution in [3.05, 3.63) is 0 Å². The molecule has 1 saturated carbocycles. The average molecular weight is 289 g/mol. The van der Waals surface area contributed by atoms with Crippen LogP contribution in [0.1, 0.15) is 32.6 Å². The molecule has 0 spiro atoms. The first-order valence-electron chi connectivity index (χ1n) is 6.57. The van der Waals surface area contributed by atoms with E-state index in [0.29, 0.717) is 11.0 Å². The SMILES string of the molecule is COC(=O)[C@H](CS[C@@H]1CCCC[C@H]1OC)NC(C)=O. The number of nitrogens with one attached hydrogen (secondary N) is 1. The highest BCUT2D eigenvalue weighted by molar-refractivity contribution is 8.00. The lowest BCUT2D eigenvalue weighted by molar-refractivity contribution is -0.144. The van der Waals surface area contributed by atoms with Gasteiger partial charge in [0.1, 0.15) is 6.04 Å². The van der Waals surface area contributed by atoms with Crippen LogP contribution in [0.5, 0.6) is 0 Å². The molecule has 1 aliphatic carbocycles. The summed E-state index contributed by atoms with van der Waals surface area (Å²) in [6.07, 6.45) is 4.80. The van der Waals surface area contributed by atoms with Crippen molar-refractivity contribution in [3.63, 3.8) is 0 Å². The predicted octanol–water partition coefficient (Wildman–Crippen LogP) is 1.35. The van der Waals surface area contributed by atoms with Gasteiger partial charge in [-0.1, -0.05) is 12.8 Å². The maximum absolute atomic E-state index is 11.6. The Balaban J connectivity index is 2.49. The zero-order chi connectivity index (χ0) is 14.3. The number of hydrogen-bond donors (Lipinski definition) is 1. The summed E-state index contributed by atoms with van der Waals surface area (Å²) < 4.78 is 10.2. The van der Waals surface area contributed by atoms with Gasteiger partial charge in [0.05, 0.1) is 13.2 Å². The molecule has 0 aromatic heterocycles. The average Bonchev–Trinajstić information content (AvgIpc) is 2.42. The summed E-state index contributed by atoms with van der Waals surface area (Å²) in [5.74, 6) is -0.0908. The van der Waals surface area contributed by atoms with Crippen molar-refractivity contribution >= 4 is 23.6 Å². The smallest absolute Gasteiger partial charge is 0.329 e. The number of carbonyl (C=O) groups excluding carboxylic acids is 2. The fraction of sp³-hybridized carbons (Fsp3) is 0.846. The summed E-state index contributed by atoms with van der Waals surface area (Å²) in [5, 5.41) is 3.02. The summed E-state index contributed by atoms with van der Waals surface area (Å²) in [7, 11) is 3.07. The Kier molecular flexibility index (Phi) is 7.23. The molecule has 0 heterocycles. The van der Waals surface area contributed by atoms with E-state index < -0.39 is 12.0 Å². The van der Waals surface area contributed by atoms with Crippen LogP contribution < -0.4 is 5.32 Å². The van der Waals surface area contributed by atoms with E-state index >= 15 is 0 Å². The number of esters is 1. The van der Waals surface area contributed by atoms with Gasteiger partial charge < -0.3 is 14.8 Å². The van der Waals surface area contributed by atoms with E-state index in [2.05, 4.69) is 5.32 Å². The van der Waals surface area contributed by atoms with Crippen LogP contribution in [0.15, 0.2) is 0 Å². The van der Waals surface area contributed by atoms with Gasteiger partial charge in [-0.2, -0.15) is 11.8 Å². The molecule has 0 aliphatic heterocycles. The Labute approximate surface area is 118 Å². The molecule has 3 atom stereocenters. The number of methoxy groups -OCH3 is 2. The highest BCUT2D eigenvalue weighted by Crippen LogP contribution is 2.30. The molecule has 1 rings (SSSR count). The number of rotatable bonds is 6. The summed E-state index contributed by atoms with van der Waals surface area (Å²) in [5.41, 5.74) is 0. The van der Waals surface area contributed by atoms with E-state index in [-0.39, 0.29) is 12.0 Å². The van der Waals surface area contributed by atoms with Gasteiger partial charge >= 0.3 is 5.97 Å². The molecule has 1 fully saturated rings. The molecule has 1 amide bonds. The zero-order valence-electron chi connectivity index (χ0n) is 11.8. The molecule has 0 bridgehead atoms. The number of carbonyl (C=O) groups is 2. The number of hydrogen-bond acceptors (Lipinski definition) is 5. The van der Waals surface area contributed by atoms with Crippen molar-refractivity contribution in [2.75, 3.05) is 20.0 Å². The lowest BCUT2D eigenvalue weighted by Gasteiger charge is -2.30. The Morgan fingerprint density at radius 3 is 2.58 bits per heavy atom. The van der Waals surface area contributed by atoms with Crippen LogP contribution in [0.3, 0.4) is 0 Å². The van der Waals surface area contributed by atoms with Crippen molar-refractivity contribution in [1.29, 1.82) is 0 Å². The number of ether oxygens (including phenoxy) is 2. The van der Waals surface area contributed by atoms with Crippen LogP contribution in [0.2, 0.25) is 0 Å². The van der Waals surface area contributed by atoms with E-state index in [4.69, 9.17) is 9.47 Å². The van der Waals surface area contributed by atoms with Gasteiger partial charge in [-0.25, -0.2) is 4.79 Å². The third-order valence-corrected chi connectivity index (χ3v) is 4.78. The quantitative estimate of drug-likeness (QED) is 0.748. The molecular formula is C13H23NO4S. The Bertz CT molecular complexity index is 311. The molecule has 0 saturated heterocycles. The third-order valence-electron chi connectivity index (χ3n) is 3.28. The molecule has 0 aromatic rings. The van der Waals surface area contributed by atoms with Gasteiger partial charge in [0.15, 0.2) is 0 Å². The largest absolute Gasteiger partial charge is 0.467 e. The molecule has 0 radical (unpaired) electrons. The molecule has 1 aliphatic rings. The minimum absolute atomic E-state index is 0.220. The Hall–Kier alpha value is -0.750. The topological polar surface area (TPSA) is 64.6 Å². The van der Waals surface area contributed by atoms with Gasteiger partial charge in [-0.3, -0.25) is 4.79 Å². The van der Waals surface area contributed by atoms with Gasteiger partial charge in [0, 0.05) is 25.0 Å². The Morgan fingerprint density at radius 1 is 1.32 bits per heavy atom. The zero-order valence-corrected chi connectivity index (χ0v) is 12.6. The lowest BCUT2D eigenvalue weighted by atomic mass is 9.97. The molecular weight excluding hydrogens is 266 g/mol. The van der Waals surface area contributed by atoms with Crippen LogP contribution in [0, 0.1) is 0 Å². The molecule has 110 valence electrons. The van der Waals surface area contributed by atoms with Crippen molar-refractivity contribution in [1.82, 2.24) is 5.32 Å². The molecule has 19 heavy (non-hydrogen) atoms. The fourth-order valence-electron chi connectivity index (χ4n) is 2.30. The van der Waals surface area contributed by atoms with Crippen LogP contribution >= 0.6 is 11.8 Å². The second kappa shape index (κ2) is 8.43. The second-order valence-electron chi connectivity index (χ2n) is 4.71. The minimum atomic E-state index is -0.577. The van der Waals surface area contributed by atoms with Crippen molar-refractivity contribution < 1.29 is 19.1 Å². The first-order chi connectivity index (χ1) is 9.08. The molecule has 0 unspecified atom stereocenters. The van der Waals surface area contributed by atoms with Crippen molar-refractivity contribution in [2.24, 2.45) is 0 Å². The Morgan fingerprint density at radius 2 is 2.00 bits per heavy atom. The van der Waals surface area contributed by atoms with E-state index in [0.717, 1.165) is 12.8 Å². The van der Waals surface area contributed by atoms with Crippen LogP contribution in [-0.2, 0) is 19.1 Å². The maximum atomic E-state index is 11.6. The number of amides is 1. The normalized spacial score (nSPS) is 24.6. The summed E-state index contributed by atoms with van der Waals surface area (Å²) in [6.45, 7) is 1.40. The fourth-order valence-corrected chi connectivity index (χ4v) is 3.75. The summed E-state index contributed by atoms with van der Waals surface area (Å²) >= 11 is 1.68. The van der Waals surface area contributed by atoms with E-state index in [9.17, 15) is 9.59 Å².